The van der Waals surface area contributed by atoms with E-state index in [-0.39, 0.29) is 11.6 Å². The lowest BCUT2D eigenvalue weighted by Crippen LogP contribution is -2.30. The van der Waals surface area contributed by atoms with E-state index in [0.717, 1.165) is 10.5 Å². The summed E-state index contributed by atoms with van der Waals surface area (Å²) in [6.45, 7) is 0. The van der Waals surface area contributed by atoms with Crippen LogP contribution in [0.3, 0.4) is 0 Å². The molecule has 3 amide bonds. The summed E-state index contributed by atoms with van der Waals surface area (Å²) < 4.78 is 21.7. The number of carbonyl (C=O) groups excluding carboxylic acids is 3. The Morgan fingerprint density at radius 2 is 1.29 bits per heavy atom. The number of ether oxygens (including phenoxy) is 4. The minimum absolute atomic E-state index is 0.0186. The van der Waals surface area contributed by atoms with Gasteiger partial charge in [-0.05, 0) is 77.9 Å². The number of thioether (sulfide) groups is 1. The average Bonchev–Trinajstić information content (AvgIpc) is 3.17. The molecule has 5 aromatic rings. The van der Waals surface area contributed by atoms with E-state index < -0.39 is 17.1 Å². The zero-order valence-electron chi connectivity index (χ0n) is 28.5. The standard InChI is InChI=1S/C40H37N3O7S/c1-47-31-17-11-16-30(25-31)42-40(46)37(27-12-7-5-8-13-27)51-32-20-18-29(19-21-32)41-39(45)33(43-38(44)28-14-9-6-10-15-28)22-26-23-34(48-2)36(50-4)35(24-26)49-3/h5-25,37H,1-4H3,(H,41,45)(H,42,46)(H,43,44)/b33-22-. The van der Waals surface area contributed by atoms with Crippen LogP contribution in [-0.2, 0) is 9.59 Å². The average molecular weight is 704 g/mol. The van der Waals surface area contributed by atoms with E-state index in [1.54, 1.807) is 73.8 Å². The fourth-order valence-corrected chi connectivity index (χ4v) is 6.08. The molecule has 3 N–H and O–H groups in total. The highest BCUT2D eigenvalue weighted by Crippen LogP contribution is 2.39. The number of methoxy groups -OCH3 is 4. The van der Waals surface area contributed by atoms with Crippen LogP contribution in [0.2, 0.25) is 0 Å². The molecule has 0 saturated carbocycles. The summed E-state index contributed by atoms with van der Waals surface area (Å²) in [5, 5.41) is 8.03. The van der Waals surface area contributed by atoms with E-state index in [1.807, 2.05) is 54.6 Å². The van der Waals surface area contributed by atoms with Gasteiger partial charge in [0.25, 0.3) is 11.8 Å². The molecular weight excluding hydrogens is 667 g/mol. The molecule has 0 bridgehead atoms. The van der Waals surface area contributed by atoms with Crippen LogP contribution in [0.15, 0.2) is 132 Å². The van der Waals surface area contributed by atoms with E-state index in [2.05, 4.69) is 16.0 Å². The predicted molar refractivity (Wildman–Crippen MR) is 200 cm³/mol. The highest BCUT2D eigenvalue weighted by Gasteiger charge is 2.23. The van der Waals surface area contributed by atoms with E-state index in [9.17, 15) is 14.4 Å². The quantitative estimate of drug-likeness (QED) is 0.0798. The van der Waals surface area contributed by atoms with Gasteiger partial charge in [-0.3, -0.25) is 14.4 Å². The Labute approximate surface area is 300 Å². The van der Waals surface area contributed by atoms with Crippen LogP contribution in [0.4, 0.5) is 11.4 Å². The van der Waals surface area contributed by atoms with Crippen molar-refractivity contribution >= 4 is 46.9 Å². The number of hydrogen-bond donors (Lipinski definition) is 3. The van der Waals surface area contributed by atoms with Gasteiger partial charge in [-0.15, -0.1) is 11.8 Å². The minimum atomic E-state index is -0.570. The van der Waals surface area contributed by atoms with Gasteiger partial charge in [-0.2, -0.15) is 0 Å². The monoisotopic (exact) mass is 703 g/mol. The third-order valence-corrected chi connectivity index (χ3v) is 8.84. The first-order valence-electron chi connectivity index (χ1n) is 15.8. The lowest BCUT2D eigenvalue weighted by atomic mass is 10.1. The number of anilines is 2. The molecule has 260 valence electrons. The van der Waals surface area contributed by atoms with E-state index in [0.29, 0.717) is 45.5 Å². The van der Waals surface area contributed by atoms with Crippen molar-refractivity contribution in [1.82, 2.24) is 5.32 Å². The van der Waals surface area contributed by atoms with Gasteiger partial charge < -0.3 is 34.9 Å². The Kier molecular flexibility index (Phi) is 12.4. The Morgan fingerprint density at radius 1 is 0.647 bits per heavy atom. The third-order valence-electron chi connectivity index (χ3n) is 7.57. The van der Waals surface area contributed by atoms with Crippen molar-refractivity contribution in [3.63, 3.8) is 0 Å². The number of nitrogens with one attached hydrogen (secondary N) is 3. The van der Waals surface area contributed by atoms with Crippen LogP contribution in [0, 0.1) is 0 Å². The largest absolute Gasteiger partial charge is 0.497 e. The highest BCUT2D eigenvalue weighted by atomic mass is 32.2. The maximum absolute atomic E-state index is 13.7. The fourth-order valence-electron chi connectivity index (χ4n) is 5.05. The minimum Gasteiger partial charge on any atom is -0.497 e. The molecule has 0 spiro atoms. The number of benzene rings is 5. The number of hydrogen-bond acceptors (Lipinski definition) is 8. The van der Waals surface area contributed by atoms with Crippen LogP contribution in [0.1, 0.15) is 26.7 Å². The summed E-state index contributed by atoms with van der Waals surface area (Å²) in [6.07, 6.45) is 1.52. The molecule has 1 unspecified atom stereocenters. The summed E-state index contributed by atoms with van der Waals surface area (Å²) in [5.74, 6) is 0.570. The van der Waals surface area contributed by atoms with Crippen LogP contribution in [0.25, 0.3) is 6.08 Å². The van der Waals surface area contributed by atoms with Crippen LogP contribution < -0.4 is 34.9 Å². The molecule has 51 heavy (non-hydrogen) atoms. The molecule has 0 heterocycles. The molecule has 1 atom stereocenters. The predicted octanol–water partition coefficient (Wildman–Crippen LogP) is 7.60. The Morgan fingerprint density at radius 3 is 1.90 bits per heavy atom. The summed E-state index contributed by atoms with van der Waals surface area (Å²) >= 11 is 1.37. The molecule has 11 heteroatoms. The third kappa shape index (κ3) is 9.49. The van der Waals surface area contributed by atoms with Crippen LogP contribution in [0.5, 0.6) is 23.0 Å². The van der Waals surface area contributed by atoms with Crippen molar-refractivity contribution in [2.24, 2.45) is 0 Å². The Hall–Kier alpha value is -6.20. The van der Waals surface area contributed by atoms with Crippen molar-refractivity contribution in [3.05, 3.63) is 144 Å². The second kappa shape index (κ2) is 17.5. The van der Waals surface area contributed by atoms with Gasteiger partial charge in [0, 0.05) is 27.9 Å². The summed E-state index contributed by atoms with van der Waals surface area (Å²) in [6, 6.07) is 35.7. The van der Waals surface area contributed by atoms with Crippen molar-refractivity contribution in [3.8, 4) is 23.0 Å². The molecule has 0 fully saturated rings. The normalized spacial score (nSPS) is 11.5. The van der Waals surface area contributed by atoms with E-state index in [4.69, 9.17) is 18.9 Å². The Balaban J connectivity index is 1.38. The number of carbonyl (C=O) groups is 3. The molecule has 0 aliphatic carbocycles. The van der Waals surface area contributed by atoms with Gasteiger partial charge in [0.2, 0.25) is 11.7 Å². The van der Waals surface area contributed by atoms with E-state index in [1.165, 1.54) is 39.2 Å². The van der Waals surface area contributed by atoms with Crippen LogP contribution >= 0.6 is 11.8 Å². The molecule has 0 aliphatic heterocycles. The molecule has 5 aromatic carbocycles. The topological polar surface area (TPSA) is 124 Å². The maximum Gasteiger partial charge on any atom is 0.272 e. The van der Waals surface area contributed by atoms with Crippen molar-refractivity contribution in [2.75, 3.05) is 39.1 Å². The van der Waals surface area contributed by atoms with Gasteiger partial charge in [-0.25, -0.2) is 0 Å². The van der Waals surface area contributed by atoms with Gasteiger partial charge in [-0.1, -0.05) is 54.6 Å². The Bertz CT molecular complexity index is 1980. The zero-order valence-corrected chi connectivity index (χ0v) is 29.3. The first kappa shape index (κ1) is 36.1. The smallest absolute Gasteiger partial charge is 0.272 e. The second-order valence-corrected chi connectivity index (χ2v) is 12.1. The lowest BCUT2D eigenvalue weighted by molar-refractivity contribution is -0.116. The highest BCUT2D eigenvalue weighted by molar-refractivity contribution is 8.00. The fraction of sp³-hybridized carbons (Fsp3) is 0.125. The summed E-state index contributed by atoms with van der Waals surface area (Å²) in [4.78, 5) is 41.3. The van der Waals surface area contributed by atoms with Gasteiger partial charge >= 0.3 is 0 Å². The molecule has 5 rings (SSSR count). The first-order valence-corrected chi connectivity index (χ1v) is 16.7. The first-order chi connectivity index (χ1) is 24.8. The second-order valence-electron chi connectivity index (χ2n) is 10.9. The number of rotatable bonds is 14. The van der Waals surface area contributed by atoms with Crippen LogP contribution in [-0.4, -0.2) is 46.2 Å². The lowest BCUT2D eigenvalue weighted by Gasteiger charge is -2.18. The summed E-state index contributed by atoms with van der Waals surface area (Å²) in [5.41, 5.74) is 2.81. The van der Waals surface area contributed by atoms with Gasteiger partial charge in [0.05, 0.1) is 28.4 Å². The molecule has 0 aliphatic rings. The van der Waals surface area contributed by atoms with Gasteiger partial charge in [0.1, 0.15) is 16.7 Å². The number of amides is 3. The molecule has 0 saturated heterocycles. The van der Waals surface area contributed by atoms with Crippen molar-refractivity contribution < 1.29 is 33.3 Å². The van der Waals surface area contributed by atoms with Crippen molar-refractivity contribution in [1.29, 1.82) is 0 Å². The van der Waals surface area contributed by atoms with Gasteiger partial charge in [0.15, 0.2) is 11.5 Å². The SMILES string of the molecule is COc1cccc(NC(=O)C(Sc2ccc(NC(=O)/C(=C/c3cc(OC)c(OC)c(OC)c3)NC(=O)c3ccccc3)cc2)c2ccccc2)c1. The maximum atomic E-state index is 13.7. The zero-order chi connectivity index (χ0) is 36.2. The van der Waals surface area contributed by atoms with Crippen molar-refractivity contribution in [2.45, 2.75) is 10.1 Å². The molecular formula is C40H37N3O7S. The summed E-state index contributed by atoms with van der Waals surface area (Å²) in [7, 11) is 6.06. The molecule has 0 aromatic heterocycles. The molecule has 10 nitrogen and oxygen atoms in total. The molecule has 0 radical (unpaired) electrons. The van der Waals surface area contributed by atoms with E-state index >= 15 is 0 Å².